The average Bonchev–Trinajstić information content (AvgIpc) is 2.51. The predicted molar refractivity (Wildman–Crippen MR) is 83.2 cm³/mol. The summed E-state index contributed by atoms with van der Waals surface area (Å²) in [6.45, 7) is 9.91. The van der Waals surface area contributed by atoms with Gasteiger partial charge in [0.2, 0.25) is 0 Å². The van der Waals surface area contributed by atoms with Crippen molar-refractivity contribution in [3.63, 3.8) is 0 Å². The van der Waals surface area contributed by atoms with Crippen LogP contribution in [0, 0.1) is 13.8 Å². The van der Waals surface area contributed by atoms with Gasteiger partial charge >= 0.3 is 11.8 Å². The highest BCUT2D eigenvalue weighted by molar-refractivity contribution is 6.39. The lowest BCUT2D eigenvalue weighted by atomic mass is 10.1. The van der Waals surface area contributed by atoms with Crippen LogP contribution in [0.3, 0.4) is 0 Å². The van der Waals surface area contributed by atoms with Gasteiger partial charge in [0.15, 0.2) is 0 Å². The van der Waals surface area contributed by atoms with Crippen LogP contribution in [0.25, 0.3) is 0 Å². The Labute approximate surface area is 125 Å². The van der Waals surface area contributed by atoms with Crippen LogP contribution >= 0.6 is 0 Å². The van der Waals surface area contributed by atoms with Crippen molar-refractivity contribution in [3.05, 3.63) is 29.3 Å². The molecular weight excluding hydrogens is 266 g/mol. The van der Waals surface area contributed by atoms with Crippen molar-refractivity contribution in [3.8, 4) is 0 Å². The lowest BCUT2D eigenvalue weighted by molar-refractivity contribution is -0.144. The molecule has 5 nitrogen and oxygen atoms in total. The van der Waals surface area contributed by atoms with Crippen LogP contribution in [0.15, 0.2) is 18.2 Å². The van der Waals surface area contributed by atoms with Gasteiger partial charge in [-0.1, -0.05) is 19.1 Å². The lowest BCUT2D eigenvalue weighted by Gasteiger charge is -2.33. The first kappa shape index (κ1) is 15.5. The summed E-state index contributed by atoms with van der Waals surface area (Å²) in [5.74, 6) is -0.986. The summed E-state index contributed by atoms with van der Waals surface area (Å²) in [6, 6.07) is 5.68. The molecule has 0 unspecified atom stereocenters. The molecule has 0 saturated carbocycles. The Kier molecular flexibility index (Phi) is 4.96. The topological polar surface area (TPSA) is 52.7 Å². The summed E-state index contributed by atoms with van der Waals surface area (Å²) in [7, 11) is 0. The monoisotopic (exact) mass is 289 g/mol. The molecule has 5 heteroatoms. The number of rotatable bonds is 2. The van der Waals surface area contributed by atoms with Crippen LogP contribution in [0.4, 0.5) is 5.69 Å². The maximum atomic E-state index is 12.2. The van der Waals surface area contributed by atoms with Gasteiger partial charge in [0.25, 0.3) is 0 Å². The molecule has 0 aliphatic carbocycles. The van der Waals surface area contributed by atoms with Gasteiger partial charge in [-0.3, -0.25) is 9.59 Å². The molecule has 0 spiro atoms. The fourth-order valence-corrected chi connectivity index (χ4v) is 2.47. The van der Waals surface area contributed by atoms with Gasteiger partial charge in [0.05, 0.1) is 0 Å². The molecule has 1 aliphatic heterocycles. The molecule has 0 bridgehead atoms. The first-order valence-corrected chi connectivity index (χ1v) is 7.41. The fourth-order valence-electron chi connectivity index (χ4n) is 2.47. The minimum absolute atomic E-state index is 0.438. The zero-order valence-electron chi connectivity index (χ0n) is 13.0. The number of piperazine rings is 1. The molecule has 0 aromatic heterocycles. The normalized spacial score (nSPS) is 15.9. The third-order valence-corrected chi connectivity index (χ3v) is 4.15. The molecule has 1 aliphatic rings. The molecule has 0 atom stereocenters. The van der Waals surface area contributed by atoms with Gasteiger partial charge in [-0.25, -0.2) is 0 Å². The standard InChI is InChI=1S/C16H23N3O2/c1-4-18-8-10-19(11-9-18)16(21)15(20)17-14-7-5-6-12(2)13(14)3/h5-7H,4,8-11H2,1-3H3,(H,17,20). The second kappa shape index (κ2) is 6.72. The number of amides is 2. The summed E-state index contributed by atoms with van der Waals surface area (Å²) in [6.07, 6.45) is 0. The van der Waals surface area contributed by atoms with E-state index in [2.05, 4.69) is 17.1 Å². The van der Waals surface area contributed by atoms with Crippen LogP contribution in [0.1, 0.15) is 18.1 Å². The number of carbonyl (C=O) groups excluding carboxylic acids is 2. The summed E-state index contributed by atoms with van der Waals surface area (Å²) in [5, 5.41) is 2.73. The highest BCUT2D eigenvalue weighted by atomic mass is 16.2. The van der Waals surface area contributed by atoms with E-state index in [0.717, 1.165) is 30.8 Å². The Morgan fingerprint density at radius 3 is 2.43 bits per heavy atom. The number of nitrogens with zero attached hydrogens (tertiary/aromatic N) is 2. The predicted octanol–water partition coefficient (Wildman–Crippen LogP) is 1.41. The van der Waals surface area contributed by atoms with Crippen molar-refractivity contribution >= 4 is 17.5 Å². The third kappa shape index (κ3) is 3.61. The molecule has 1 aromatic carbocycles. The number of benzene rings is 1. The van der Waals surface area contributed by atoms with Crippen LogP contribution in [0.5, 0.6) is 0 Å². The minimum Gasteiger partial charge on any atom is -0.332 e. The van der Waals surface area contributed by atoms with E-state index < -0.39 is 11.8 Å². The van der Waals surface area contributed by atoms with Crippen molar-refractivity contribution in [1.82, 2.24) is 9.80 Å². The molecule has 0 radical (unpaired) electrons. The van der Waals surface area contributed by atoms with Crippen molar-refractivity contribution < 1.29 is 9.59 Å². The highest BCUT2D eigenvalue weighted by Crippen LogP contribution is 2.18. The quantitative estimate of drug-likeness (QED) is 0.838. The van der Waals surface area contributed by atoms with E-state index in [1.807, 2.05) is 32.0 Å². The number of aryl methyl sites for hydroxylation is 1. The van der Waals surface area contributed by atoms with Gasteiger partial charge < -0.3 is 15.1 Å². The van der Waals surface area contributed by atoms with Crippen LogP contribution in [-0.4, -0.2) is 54.3 Å². The second-order valence-electron chi connectivity index (χ2n) is 5.43. The Hall–Kier alpha value is -1.88. The molecule has 1 fully saturated rings. The number of hydrogen-bond acceptors (Lipinski definition) is 3. The zero-order valence-corrected chi connectivity index (χ0v) is 13.0. The molecule has 1 aromatic rings. The van der Waals surface area contributed by atoms with Gasteiger partial charge in [-0.05, 0) is 37.6 Å². The Morgan fingerprint density at radius 1 is 1.14 bits per heavy atom. The van der Waals surface area contributed by atoms with Gasteiger partial charge in [-0.2, -0.15) is 0 Å². The molecule has 114 valence electrons. The van der Waals surface area contributed by atoms with Crippen molar-refractivity contribution in [2.75, 3.05) is 38.0 Å². The molecule has 1 heterocycles. The number of anilines is 1. The number of carbonyl (C=O) groups is 2. The summed E-state index contributed by atoms with van der Waals surface area (Å²) < 4.78 is 0. The van der Waals surface area contributed by atoms with E-state index in [1.54, 1.807) is 4.90 Å². The molecular formula is C16H23N3O2. The van der Waals surface area contributed by atoms with Gasteiger partial charge in [-0.15, -0.1) is 0 Å². The van der Waals surface area contributed by atoms with E-state index in [1.165, 1.54) is 0 Å². The maximum absolute atomic E-state index is 12.2. The average molecular weight is 289 g/mol. The largest absolute Gasteiger partial charge is 0.332 e. The van der Waals surface area contributed by atoms with Crippen LogP contribution in [0.2, 0.25) is 0 Å². The van der Waals surface area contributed by atoms with E-state index >= 15 is 0 Å². The van der Waals surface area contributed by atoms with Gasteiger partial charge in [0.1, 0.15) is 0 Å². The Morgan fingerprint density at radius 2 is 1.81 bits per heavy atom. The van der Waals surface area contributed by atoms with Crippen molar-refractivity contribution in [1.29, 1.82) is 0 Å². The minimum atomic E-state index is -0.548. The zero-order chi connectivity index (χ0) is 15.4. The maximum Gasteiger partial charge on any atom is 0.313 e. The summed E-state index contributed by atoms with van der Waals surface area (Å²) in [5.41, 5.74) is 2.80. The molecule has 2 rings (SSSR count). The van der Waals surface area contributed by atoms with E-state index in [4.69, 9.17) is 0 Å². The van der Waals surface area contributed by atoms with Crippen LogP contribution in [-0.2, 0) is 9.59 Å². The summed E-state index contributed by atoms with van der Waals surface area (Å²) in [4.78, 5) is 28.2. The smallest absolute Gasteiger partial charge is 0.313 e. The van der Waals surface area contributed by atoms with E-state index in [9.17, 15) is 9.59 Å². The SMILES string of the molecule is CCN1CCN(C(=O)C(=O)Nc2cccc(C)c2C)CC1. The van der Waals surface area contributed by atoms with E-state index in [-0.39, 0.29) is 0 Å². The number of nitrogens with one attached hydrogen (secondary N) is 1. The number of likely N-dealkylation sites (N-methyl/N-ethyl adjacent to an activating group) is 1. The lowest BCUT2D eigenvalue weighted by Crippen LogP contribution is -2.51. The number of hydrogen-bond donors (Lipinski definition) is 1. The first-order chi connectivity index (χ1) is 10.0. The Bertz CT molecular complexity index is 534. The molecule has 1 N–H and O–H groups in total. The third-order valence-electron chi connectivity index (χ3n) is 4.15. The fraction of sp³-hybridized carbons (Fsp3) is 0.500. The molecule has 2 amide bonds. The summed E-state index contributed by atoms with van der Waals surface area (Å²) >= 11 is 0. The van der Waals surface area contributed by atoms with Crippen molar-refractivity contribution in [2.24, 2.45) is 0 Å². The highest BCUT2D eigenvalue weighted by Gasteiger charge is 2.25. The van der Waals surface area contributed by atoms with E-state index in [0.29, 0.717) is 18.8 Å². The first-order valence-electron chi connectivity index (χ1n) is 7.41. The van der Waals surface area contributed by atoms with Crippen LogP contribution < -0.4 is 5.32 Å². The Balaban J connectivity index is 1.97. The second-order valence-corrected chi connectivity index (χ2v) is 5.43. The molecule has 21 heavy (non-hydrogen) atoms. The van der Waals surface area contributed by atoms with Crippen molar-refractivity contribution in [2.45, 2.75) is 20.8 Å². The van der Waals surface area contributed by atoms with Gasteiger partial charge in [0, 0.05) is 31.9 Å². The molecule has 1 saturated heterocycles.